The van der Waals surface area contributed by atoms with Crippen LogP contribution in [-0.4, -0.2) is 29.4 Å². The van der Waals surface area contributed by atoms with Crippen LogP contribution in [-0.2, 0) is 19.2 Å². The van der Waals surface area contributed by atoms with E-state index in [1.165, 1.54) is 33.7 Å². The number of furan rings is 1. The molecule has 0 aromatic carbocycles. The van der Waals surface area contributed by atoms with Crippen molar-refractivity contribution in [2.75, 3.05) is 0 Å². The monoisotopic (exact) mass is 388 g/mol. The lowest BCUT2D eigenvalue weighted by Crippen LogP contribution is -2.15. The summed E-state index contributed by atoms with van der Waals surface area (Å²) in [6, 6.07) is 3.40. The van der Waals surface area contributed by atoms with Gasteiger partial charge in [-0.15, -0.1) is 10.2 Å². The zero-order valence-electron chi connectivity index (χ0n) is 14.5. The maximum Gasteiger partial charge on any atom is 0.275 e. The standard InChI is InChI=1S/C16H16N6O2S2/c1-4-12-20-22-13(23)7-10(17-15(22)26-12)8-25-16-19-18-14(21(16)3)11-5-6-24-9(11)2/h5-7H,4,8H2,1-3H3. The fourth-order valence-corrected chi connectivity index (χ4v) is 4.20. The molecule has 8 nitrogen and oxygen atoms in total. The molecule has 0 amide bonds. The van der Waals surface area contributed by atoms with Crippen molar-refractivity contribution in [3.05, 3.63) is 45.2 Å². The summed E-state index contributed by atoms with van der Waals surface area (Å²) in [5.74, 6) is 2.08. The molecular formula is C16H16N6O2S2. The van der Waals surface area contributed by atoms with E-state index in [2.05, 4.69) is 20.3 Å². The molecule has 134 valence electrons. The average molecular weight is 388 g/mol. The van der Waals surface area contributed by atoms with Crippen molar-refractivity contribution in [3.63, 3.8) is 0 Å². The minimum atomic E-state index is -0.158. The number of thioether (sulfide) groups is 1. The highest BCUT2D eigenvalue weighted by Gasteiger charge is 2.15. The molecular weight excluding hydrogens is 372 g/mol. The first-order valence-corrected chi connectivity index (χ1v) is 9.82. The van der Waals surface area contributed by atoms with Crippen molar-refractivity contribution in [1.29, 1.82) is 0 Å². The molecule has 4 aromatic rings. The van der Waals surface area contributed by atoms with E-state index in [0.29, 0.717) is 16.4 Å². The van der Waals surface area contributed by atoms with E-state index < -0.39 is 0 Å². The number of fused-ring (bicyclic) bond motifs is 1. The van der Waals surface area contributed by atoms with Gasteiger partial charge in [-0.2, -0.15) is 9.61 Å². The lowest BCUT2D eigenvalue weighted by Gasteiger charge is -2.03. The normalized spacial score (nSPS) is 11.5. The highest BCUT2D eigenvalue weighted by Crippen LogP contribution is 2.27. The van der Waals surface area contributed by atoms with E-state index in [1.54, 1.807) is 6.26 Å². The van der Waals surface area contributed by atoms with Crippen LogP contribution in [0.25, 0.3) is 16.3 Å². The third-order valence-electron chi connectivity index (χ3n) is 3.93. The van der Waals surface area contributed by atoms with E-state index in [9.17, 15) is 4.79 Å². The Morgan fingerprint density at radius 1 is 1.35 bits per heavy atom. The minimum absolute atomic E-state index is 0.158. The molecule has 0 aliphatic carbocycles. The fraction of sp³-hybridized carbons (Fsp3) is 0.312. The van der Waals surface area contributed by atoms with Gasteiger partial charge in [-0.25, -0.2) is 4.98 Å². The van der Waals surface area contributed by atoms with Crippen molar-refractivity contribution in [3.8, 4) is 11.4 Å². The van der Waals surface area contributed by atoms with E-state index >= 15 is 0 Å². The molecule has 0 bridgehead atoms. The third kappa shape index (κ3) is 2.95. The predicted octanol–water partition coefficient (Wildman–Crippen LogP) is 2.70. The van der Waals surface area contributed by atoms with Gasteiger partial charge in [-0.05, 0) is 19.4 Å². The summed E-state index contributed by atoms with van der Waals surface area (Å²) >= 11 is 2.93. The Hall–Kier alpha value is -2.46. The van der Waals surface area contributed by atoms with Crippen LogP contribution in [0.5, 0.6) is 0 Å². The number of nitrogens with zero attached hydrogens (tertiary/aromatic N) is 6. The SMILES string of the molecule is CCc1nn2c(=O)cc(CSc3nnc(-c4ccoc4C)n3C)nc2s1. The average Bonchev–Trinajstić information content (AvgIpc) is 3.32. The Bertz CT molecular complexity index is 1140. The quantitative estimate of drug-likeness (QED) is 0.485. The lowest BCUT2D eigenvalue weighted by atomic mass is 10.2. The van der Waals surface area contributed by atoms with Crippen molar-refractivity contribution >= 4 is 28.1 Å². The van der Waals surface area contributed by atoms with Crippen LogP contribution in [0.3, 0.4) is 0 Å². The maximum atomic E-state index is 12.2. The van der Waals surface area contributed by atoms with Crippen molar-refractivity contribution in [2.24, 2.45) is 7.05 Å². The summed E-state index contributed by atoms with van der Waals surface area (Å²) in [6.07, 6.45) is 2.42. The fourth-order valence-electron chi connectivity index (χ4n) is 2.54. The smallest absolute Gasteiger partial charge is 0.275 e. The molecule has 0 fully saturated rings. The molecule has 0 spiro atoms. The highest BCUT2D eigenvalue weighted by molar-refractivity contribution is 7.98. The van der Waals surface area contributed by atoms with Crippen molar-refractivity contribution in [1.82, 2.24) is 29.4 Å². The third-order valence-corrected chi connectivity index (χ3v) is 6.03. The van der Waals surface area contributed by atoms with Gasteiger partial charge in [0, 0.05) is 18.9 Å². The number of aromatic nitrogens is 6. The van der Waals surface area contributed by atoms with Gasteiger partial charge in [0.1, 0.15) is 10.8 Å². The van der Waals surface area contributed by atoms with Gasteiger partial charge in [0.2, 0.25) is 4.96 Å². The summed E-state index contributed by atoms with van der Waals surface area (Å²) in [7, 11) is 1.91. The Morgan fingerprint density at radius 3 is 2.92 bits per heavy atom. The van der Waals surface area contributed by atoms with Gasteiger partial charge in [0.05, 0.1) is 17.5 Å². The zero-order chi connectivity index (χ0) is 18.3. The van der Waals surface area contributed by atoms with Crippen LogP contribution in [0.1, 0.15) is 23.4 Å². The summed E-state index contributed by atoms with van der Waals surface area (Å²) in [5.41, 5.74) is 1.46. The largest absolute Gasteiger partial charge is 0.469 e. The minimum Gasteiger partial charge on any atom is -0.469 e. The second kappa shape index (κ2) is 6.69. The molecule has 0 radical (unpaired) electrons. The van der Waals surface area contributed by atoms with E-state index in [0.717, 1.165) is 33.7 Å². The molecule has 4 rings (SSSR count). The molecule has 10 heteroatoms. The number of hydrogen-bond acceptors (Lipinski definition) is 8. The van der Waals surface area contributed by atoms with Crippen LogP contribution in [0, 0.1) is 6.92 Å². The molecule has 26 heavy (non-hydrogen) atoms. The van der Waals surface area contributed by atoms with Crippen LogP contribution in [0.2, 0.25) is 0 Å². The topological polar surface area (TPSA) is 91.1 Å². The summed E-state index contributed by atoms with van der Waals surface area (Å²) in [4.78, 5) is 17.4. The van der Waals surface area contributed by atoms with Gasteiger partial charge in [-0.3, -0.25) is 4.79 Å². The second-order valence-electron chi connectivity index (χ2n) is 5.67. The first-order chi connectivity index (χ1) is 12.6. The predicted molar refractivity (Wildman–Crippen MR) is 99.5 cm³/mol. The van der Waals surface area contributed by atoms with E-state index in [4.69, 9.17) is 4.42 Å². The Balaban J connectivity index is 1.58. The number of aryl methyl sites for hydroxylation is 2. The summed E-state index contributed by atoms with van der Waals surface area (Å²) < 4.78 is 8.61. The molecule has 0 unspecified atom stereocenters. The van der Waals surface area contributed by atoms with Gasteiger partial charge in [0.15, 0.2) is 11.0 Å². The maximum absolute atomic E-state index is 12.2. The highest BCUT2D eigenvalue weighted by atomic mass is 32.2. The molecule has 0 aliphatic rings. The molecule has 4 heterocycles. The zero-order valence-corrected chi connectivity index (χ0v) is 16.1. The van der Waals surface area contributed by atoms with Crippen molar-refractivity contribution < 1.29 is 4.42 Å². The van der Waals surface area contributed by atoms with E-state index in [-0.39, 0.29) is 5.56 Å². The van der Waals surface area contributed by atoms with Gasteiger partial charge >= 0.3 is 0 Å². The molecule has 0 saturated carbocycles. The Labute approximate surface area is 156 Å². The van der Waals surface area contributed by atoms with Crippen LogP contribution in [0.15, 0.2) is 32.8 Å². The first kappa shape index (κ1) is 17.0. The Morgan fingerprint density at radius 2 is 2.19 bits per heavy atom. The summed E-state index contributed by atoms with van der Waals surface area (Å²) in [5, 5.41) is 14.4. The summed E-state index contributed by atoms with van der Waals surface area (Å²) in [6.45, 7) is 3.90. The van der Waals surface area contributed by atoms with Crippen LogP contribution in [0.4, 0.5) is 0 Å². The first-order valence-electron chi connectivity index (χ1n) is 8.02. The van der Waals surface area contributed by atoms with Crippen LogP contribution >= 0.6 is 23.1 Å². The van der Waals surface area contributed by atoms with Gasteiger partial charge in [0.25, 0.3) is 5.56 Å². The van der Waals surface area contributed by atoms with Gasteiger partial charge < -0.3 is 8.98 Å². The van der Waals surface area contributed by atoms with Gasteiger partial charge in [-0.1, -0.05) is 30.0 Å². The Kier molecular flexibility index (Phi) is 4.37. The van der Waals surface area contributed by atoms with Crippen molar-refractivity contribution in [2.45, 2.75) is 31.2 Å². The lowest BCUT2D eigenvalue weighted by molar-refractivity contribution is 0.534. The second-order valence-corrected chi connectivity index (χ2v) is 7.66. The van der Waals surface area contributed by atoms with Crippen LogP contribution < -0.4 is 5.56 Å². The molecule has 4 aromatic heterocycles. The molecule has 0 N–H and O–H groups in total. The molecule has 0 aliphatic heterocycles. The molecule has 0 saturated heterocycles. The number of hydrogen-bond donors (Lipinski definition) is 0. The molecule has 0 atom stereocenters. The number of rotatable bonds is 5. The van der Waals surface area contributed by atoms with E-state index in [1.807, 2.05) is 31.5 Å².